The van der Waals surface area contributed by atoms with Crippen molar-refractivity contribution in [2.45, 2.75) is 71.0 Å². The fourth-order valence-electron chi connectivity index (χ4n) is 5.76. The van der Waals surface area contributed by atoms with Crippen molar-refractivity contribution >= 4 is 35.4 Å². The van der Waals surface area contributed by atoms with Gasteiger partial charge in [-0.2, -0.15) is 0 Å². The number of para-hydroxylation sites is 1. The van der Waals surface area contributed by atoms with Gasteiger partial charge < -0.3 is 31.3 Å². The van der Waals surface area contributed by atoms with Gasteiger partial charge in [-0.15, -0.1) is 0 Å². The number of likely N-dealkylation sites (tertiary alicyclic amines) is 1. The van der Waals surface area contributed by atoms with E-state index in [1.807, 2.05) is 6.07 Å². The van der Waals surface area contributed by atoms with Crippen LogP contribution in [-0.2, 0) is 14.4 Å². The van der Waals surface area contributed by atoms with Crippen molar-refractivity contribution in [1.82, 2.24) is 30.8 Å². The highest BCUT2D eigenvalue weighted by atomic mass is 16.4. The smallest absolute Gasteiger partial charge is 0.321 e. The van der Waals surface area contributed by atoms with E-state index in [1.54, 1.807) is 45.0 Å². The molecule has 1 unspecified atom stereocenters. The number of benzene rings is 1. The lowest BCUT2D eigenvalue weighted by Gasteiger charge is -2.35. The topological polar surface area (TPSA) is 183 Å². The van der Waals surface area contributed by atoms with Crippen molar-refractivity contribution in [3.63, 3.8) is 0 Å². The molecule has 4 rings (SSSR count). The number of carboxylic acid groups (broad SMARTS) is 1. The fraction of sp³-hybridized carbons (Fsp3) is 0.516. The Morgan fingerprint density at radius 3 is 2.25 bits per heavy atom. The van der Waals surface area contributed by atoms with Gasteiger partial charge in [0.1, 0.15) is 17.8 Å². The molecule has 1 aliphatic carbocycles. The predicted octanol–water partition coefficient (Wildman–Crippen LogP) is 2.42. The van der Waals surface area contributed by atoms with Crippen molar-refractivity contribution in [2.75, 3.05) is 18.4 Å². The highest BCUT2D eigenvalue weighted by Gasteiger charge is 2.44. The predicted molar refractivity (Wildman–Crippen MR) is 161 cm³/mol. The van der Waals surface area contributed by atoms with Crippen molar-refractivity contribution in [3.8, 4) is 0 Å². The lowest BCUT2D eigenvalue weighted by Crippen LogP contribution is -2.61. The number of nitrogens with one attached hydrogen (secondary N) is 4. The third kappa shape index (κ3) is 8.29. The minimum absolute atomic E-state index is 0.0228. The second-order valence-electron chi connectivity index (χ2n) is 12.5. The molecule has 1 saturated carbocycles. The van der Waals surface area contributed by atoms with E-state index in [-0.39, 0.29) is 24.7 Å². The molecule has 1 aliphatic heterocycles. The molecule has 2 aromatic rings. The number of amides is 5. The molecule has 13 heteroatoms. The molecular weight excluding hydrogens is 566 g/mol. The third-order valence-corrected chi connectivity index (χ3v) is 8.18. The molecular formula is C31H41N7O6. The molecule has 13 nitrogen and oxygen atoms in total. The zero-order chi connectivity index (χ0) is 31.9. The van der Waals surface area contributed by atoms with Gasteiger partial charge in [-0.1, -0.05) is 58.2 Å². The number of carbonyl (C=O) groups excluding carboxylic acids is 4. The van der Waals surface area contributed by atoms with Crippen LogP contribution in [0.5, 0.6) is 0 Å². The fourth-order valence-corrected chi connectivity index (χ4v) is 5.76. The van der Waals surface area contributed by atoms with Crippen LogP contribution in [0.4, 0.5) is 10.5 Å². The molecule has 1 aromatic heterocycles. The van der Waals surface area contributed by atoms with Crippen LogP contribution in [0.15, 0.2) is 48.9 Å². The Morgan fingerprint density at radius 1 is 0.932 bits per heavy atom. The van der Waals surface area contributed by atoms with Gasteiger partial charge in [-0.25, -0.2) is 9.78 Å². The van der Waals surface area contributed by atoms with Crippen LogP contribution in [0.25, 0.3) is 0 Å². The first-order chi connectivity index (χ1) is 20.9. The number of nitrogens with zero attached hydrogens (tertiary/aromatic N) is 3. The molecule has 4 atom stereocenters. The van der Waals surface area contributed by atoms with E-state index < -0.39 is 59.2 Å². The largest absolute Gasteiger partial charge is 0.481 e. The minimum Gasteiger partial charge on any atom is -0.481 e. The van der Waals surface area contributed by atoms with Crippen molar-refractivity contribution in [2.24, 2.45) is 17.3 Å². The number of hydrogen-bond donors (Lipinski definition) is 5. The van der Waals surface area contributed by atoms with E-state index in [4.69, 9.17) is 0 Å². The molecule has 44 heavy (non-hydrogen) atoms. The molecule has 2 fully saturated rings. The average molecular weight is 608 g/mol. The second-order valence-corrected chi connectivity index (χ2v) is 12.5. The van der Waals surface area contributed by atoms with Gasteiger partial charge in [0.05, 0.1) is 18.2 Å². The van der Waals surface area contributed by atoms with Gasteiger partial charge in [-0.3, -0.25) is 24.2 Å². The van der Waals surface area contributed by atoms with Crippen LogP contribution in [-0.4, -0.2) is 80.9 Å². The van der Waals surface area contributed by atoms with Gasteiger partial charge in [-0.05, 0) is 36.3 Å². The molecule has 0 spiro atoms. The second kappa shape index (κ2) is 14.3. The van der Waals surface area contributed by atoms with Crippen molar-refractivity contribution < 1.29 is 29.1 Å². The van der Waals surface area contributed by atoms with E-state index >= 15 is 0 Å². The number of rotatable bonds is 9. The first kappa shape index (κ1) is 32.4. The summed E-state index contributed by atoms with van der Waals surface area (Å²) in [6.45, 7) is 5.24. The summed E-state index contributed by atoms with van der Waals surface area (Å²) in [5, 5.41) is 21.1. The minimum atomic E-state index is -1.15. The summed E-state index contributed by atoms with van der Waals surface area (Å²) in [5.41, 5.74) is -0.132. The van der Waals surface area contributed by atoms with E-state index in [9.17, 15) is 29.1 Å². The van der Waals surface area contributed by atoms with Crippen LogP contribution >= 0.6 is 0 Å². The number of anilines is 1. The first-order valence-electron chi connectivity index (χ1n) is 15.0. The lowest BCUT2D eigenvalue weighted by molar-refractivity contribution is -0.142. The standard InChI is InChI=1S/C31H41N7O6/c1-31(2,3)25(37-27(40)24(19-10-6-4-7-11-19)36-26(39)22-16-32-14-15-33-22)28(41)35-23-18-38(17-21(23)29(42)43)30(44)34-20-12-8-5-9-13-20/h5,8-9,12-16,19,21,23-25H,4,6-7,10-11,17-18H2,1-3H3,(H,34,44)(H,35,41)(H,36,39)(H,37,40)(H,42,43)/t21-,23+,24+,25?/m1/s1. The summed E-state index contributed by atoms with van der Waals surface area (Å²) in [7, 11) is 0. The highest BCUT2D eigenvalue weighted by molar-refractivity contribution is 5.97. The van der Waals surface area contributed by atoms with Gasteiger partial charge in [0.25, 0.3) is 5.91 Å². The van der Waals surface area contributed by atoms with Gasteiger partial charge in [0.15, 0.2) is 0 Å². The van der Waals surface area contributed by atoms with E-state index in [1.165, 1.54) is 23.5 Å². The number of urea groups is 1. The van der Waals surface area contributed by atoms with Crippen molar-refractivity contribution in [3.05, 3.63) is 54.6 Å². The third-order valence-electron chi connectivity index (χ3n) is 8.18. The van der Waals surface area contributed by atoms with E-state index in [0.29, 0.717) is 5.69 Å². The number of carboxylic acids is 1. The molecule has 5 N–H and O–H groups in total. The molecule has 0 bridgehead atoms. The Labute approximate surface area is 256 Å². The van der Waals surface area contributed by atoms with Gasteiger partial charge in [0, 0.05) is 31.2 Å². The molecule has 236 valence electrons. The molecule has 1 aromatic carbocycles. The molecule has 5 amide bonds. The van der Waals surface area contributed by atoms with Crippen LogP contribution in [0.1, 0.15) is 63.4 Å². The maximum atomic E-state index is 13.8. The maximum Gasteiger partial charge on any atom is 0.321 e. The van der Waals surface area contributed by atoms with Crippen LogP contribution in [0, 0.1) is 17.3 Å². The molecule has 1 saturated heterocycles. The Hall–Kier alpha value is -4.55. The monoisotopic (exact) mass is 607 g/mol. The zero-order valence-electron chi connectivity index (χ0n) is 25.3. The Balaban J connectivity index is 1.48. The average Bonchev–Trinajstić information content (AvgIpc) is 3.43. The number of carbonyl (C=O) groups is 5. The Morgan fingerprint density at radius 2 is 1.64 bits per heavy atom. The normalized spacial score (nSPS) is 20.2. The lowest BCUT2D eigenvalue weighted by atomic mass is 9.82. The van der Waals surface area contributed by atoms with Gasteiger partial charge in [0.2, 0.25) is 11.8 Å². The van der Waals surface area contributed by atoms with Gasteiger partial charge >= 0.3 is 12.0 Å². The first-order valence-corrected chi connectivity index (χ1v) is 15.0. The Kier molecular flexibility index (Phi) is 10.5. The SMILES string of the molecule is CC(C)(C)C(NC(=O)[C@@H](NC(=O)c1cnccn1)C1CCCCC1)C(=O)N[C@H]1CN(C(=O)Nc2ccccc2)C[C@H]1C(=O)O. The summed E-state index contributed by atoms with van der Waals surface area (Å²) in [6, 6.07) is 5.46. The molecule has 2 heterocycles. The number of hydrogen-bond acceptors (Lipinski definition) is 7. The summed E-state index contributed by atoms with van der Waals surface area (Å²) >= 11 is 0. The zero-order valence-corrected chi connectivity index (χ0v) is 25.3. The van der Waals surface area contributed by atoms with Crippen molar-refractivity contribution in [1.29, 1.82) is 0 Å². The quantitative estimate of drug-likeness (QED) is 0.288. The number of aromatic nitrogens is 2. The highest BCUT2D eigenvalue weighted by Crippen LogP contribution is 2.28. The summed E-state index contributed by atoms with van der Waals surface area (Å²) in [4.78, 5) is 74.8. The summed E-state index contributed by atoms with van der Waals surface area (Å²) in [6.07, 6.45) is 8.54. The van der Waals surface area contributed by atoms with Crippen LogP contribution < -0.4 is 21.3 Å². The number of aliphatic carboxylic acids is 1. The molecule has 0 radical (unpaired) electrons. The van der Waals surface area contributed by atoms with E-state index in [2.05, 4.69) is 31.2 Å². The Bertz CT molecular complexity index is 1330. The summed E-state index contributed by atoms with van der Waals surface area (Å²) < 4.78 is 0. The summed E-state index contributed by atoms with van der Waals surface area (Å²) in [5.74, 6) is -3.94. The van der Waals surface area contributed by atoms with Crippen LogP contribution in [0.2, 0.25) is 0 Å². The van der Waals surface area contributed by atoms with Crippen LogP contribution in [0.3, 0.4) is 0 Å². The maximum absolute atomic E-state index is 13.8. The van der Waals surface area contributed by atoms with E-state index in [0.717, 1.165) is 32.1 Å². The molecule has 2 aliphatic rings.